The molecule has 1 aromatic rings. The first-order valence-electron chi connectivity index (χ1n) is 7.56. The molecule has 0 aromatic heterocycles. The Kier molecular flexibility index (Phi) is 4.66. The molecule has 0 saturated heterocycles. The van der Waals surface area contributed by atoms with Crippen LogP contribution in [0.25, 0.3) is 0 Å². The van der Waals surface area contributed by atoms with Crippen molar-refractivity contribution < 1.29 is 14.7 Å². The van der Waals surface area contributed by atoms with Gasteiger partial charge in [-0.2, -0.15) is 0 Å². The van der Waals surface area contributed by atoms with Crippen LogP contribution in [0.15, 0.2) is 30.3 Å². The Morgan fingerprint density at radius 3 is 2.38 bits per heavy atom. The highest BCUT2D eigenvalue weighted by atomic mass is 16.4. The van der Waals surface area contributed by atoms with Gasteiger partial charge >= 0.3 is 5.97 Å². The lowest BCUT2D eigenvalue weighted by molar-refractivity contribution is -0.143. The van der Waals surface area contributed by atoms with Crippen LogP contribution in [0.2, 0.25) is 0 Å². The second-order valence-electron chi connectivity index (χ2n) is 6.08. The van der Waals surface area contributed by atoms with Gasteiger partial charge in [-0.25, -0.2) is 0 Å². The van der Waals surface area contributed by atoms with Crippen LogP contribution in [0.1, 0.15) is 44.6 Å². The maximum absolute atomic E-state index is 12.5. The number of nitrogens with one attached hydrogen (secondary N) is 1. The average Bonchev–Trinajstić information content (AvgIpc) is 3.27. The third-order valence-corrected chi connectivity index (χ3v) is 4.56. The number of rotatable bonds is 7. The molecule has 1 saturated carbocycles. The highest BCUT2D eigenvalue weighted by Crippen LogP contribution is 2.45. The molecule has 1 aromatic carbocycles. The molecule has 2 atom stereocenters. The third-order valence-electron chi connectivity index (χ3n) is 4.56. The summed E-state index contributed by atoms with van der Waals surface area (Å²) in [4.78, 5) is 23.7. The largest absolute Gasteiger partial charge is 0.481 e. The number of benzene rings is 1. The first kappa shape index (κ1) is 15.5. The zero-order valence-electron chi connectivity index (χ0n) is 12.6. The summed E-state index contributed by atoms with van der Waals surface area (Å²) in [5.41, 5.74) is 0.274. The van der Waals surface area contributed by atoms with Crippen LogP contribution in [0.4, 0.5) is 0 Å². The zero-order chi connectivity index (χ0) is 15.5. The smallest absolute Gasteiger partial charge is 0.311 e. The van der Waals surface area contributed by atoms with Gasteiger partial charge < -0.3 is 10.4 Å². The Morgan fingerprint density at radius 1 is 1.29 bits per heavy atom. The maximum atomic E-state index is 12.5. The Hall–Kier alpha value is -1.84. The van der Waals surface area contributed by atoms with E-state index in [0.29, 0.717) is 12.8 Å². The lowest BCUT2D eigenvalue weighted by Gasteiger charge is -2.23. The summed E-state index contributed by atoms with van der Waals surface area (Å²) in [5, 5.41) is 12.0. The molecule has 1 fully saturated rings. The second-order valence-corrected chi connectivity index (χ2v) is 6.08. The van der Waals surface area contributed by atoms with E-state index in [-0.39, 0.29) is 24.3 Å². The minimum atomic E-state index is -0.803. The molecular weight excluding hydrogens is 266 g/mol. The van der Waals surface area contributed by atoms with E-state index in [1.807, 2.05) is 30.3 Å². The molecule has 1 aliphatic rings. The molecule has 2 unspecified atom stereocenters. The van der Waals surface area contributed by atoms with Crippen molar-refractivity contribution in [2.75, 3.05) is 6.54 Å². The van der Waals surface area contributed by atoms with Gasteiger partial charge in [0.15, 0.2) is 0 Å². The highest BCUT2D eigenvalue weighted by molar-refractivity contribution is 5.85. The summed E-state index contributed by atoms with van der Waals surface area (Å²) >= 11 is 0. The Balaban J connectivity index is 2.07. The minimum absolute atomic E-state index is 0.0666. The molecule has 0 heterocycles. The number of carbonyl (C=O) groups excluding carboxylic acids is 1. The van der Waals surface area contributed by atoms with Gasteiger partial charge in [0.1, 0.15) is 0 Å². The fraction of sp³-hybridized carbons (Fsp3) is 0.529. The maximum Gasteiger partial charge on any atom is 0.311 e. The lowest BCUT2D eigenvalue weighted by Crippen LogP contribution is -2.38. The average molecular weight is 289 g/mol. The van der Waals surface area contributed by atoms with E-state index in [4.69, 9.17) is 0 Å². The van der Waals surface area contributed by atoms with E-state index < -0.39 is 11.4 Å². The van der Waals surface area contributed by atoms with E-state index in [1.165, 1.54) is 0 Å². The highest BCUT2D eigenvalue weighted by Gasteiger charge is 2.50. The second kappa shape index (κ2) is 6.29. The van der Waals surface area contributed by atoms with Crippen molar-refractivity contribution >= 4 is 11.9 Å². The van der Waals surface area contributed by atoms with Gasteiger partial charge in [-0.1, -0.05) is 50.6 Å². The van der Waals surface area contributed by atoms with Crippen LogP contribution in [0.3, 0.4) is 0 Å². The minimum Gasteiger partial charge on any atom is -0.481 e. The number of aliphatic carboxylic acids is 1. The summed E-state index contributed by atoms with van der Waals surface area (Å²) in [7, 11) is 0. The number of hydrogen-bond acceptors (Lipinski definition) is 2. The quantitative estimate of drug-likeness (QED) is 0.811. The van der Waals surface area contributed by atoms with Crippen LogP contribution in [-0.2, 0) is 9.59 Å². The number of carboxylic acids is 1. The van der Waals surface area contributed by atoms with Gasteiger partial charge in [0.2, 0.25) is 5.91 Å². The zero-order valence-corrected chi connectivity index (χ0v) is 12.6. The van der Waals surface area contributed by atoms with Crippen molar-refractivity contribution in [3.8, 4) is 0 Å². The molecule has 2 N–H and O–H groups in total. The topological polar surface area (TPSA) is 66.4 Å². The van der Waals surface area contributed by atoms with Crippen LogP contribution in [0.5, 0.6) is 0 Å². The van der Waals surface area contributed by atoms with Crippen LogP contribution < -0.4 is 5.32 Å². The molecule has 4 nitrogen and oxygen atoms in total. The van der Waals surface area contributed by atoms with Crippen molar-refractivity contribution in [2.24, 2.45) is 11.3 Å². The van der Waals surface area contributed by atoms with Crippen molar-refractivity contribution in [3.63, 3.8) is 0 Å². The molecule has 2 rings (SSSR count). The molecule has 0 radical (unpaired) electrons. The molecule has 21 heavy (non-hydrogen) atoms. The van der Waals surface area contributed by atoms with E-state index >= 15 is 0 Å². The molecular formula is C17H23NO3. The molecule has 1 amide bonds. The summed E-state index contributed by atoms with van der Waals surface area (Å²) in [6, 6.07) is 9.70. The van der Waals surface area contributed by atoms with Gasteiger partial charge in [0.25, 0.3) is 0 Å². The van der Waals surface area contributed by atoms with E-state index in [1.54, 1.807) is 0 Å². The fourth-order valence-electron chi connectivity index (χ4n) is 2.62. The van der Waals surface area contributed by atoms with Gasteiger partial charge in [-0.15, -0.1) is 0 Å². The summed E-state index contributed by atoms with van der Waals surface area (Å²) in [5.74, 6) is -0.876. The lowest BCUT2D eigenvalue weighted by atomic mass is 9.84. The van der Waals surface area contributed by atoms with Crippen molar-refractivity contribution in [1.29, 1.82) is 0 Å². The standard InChI is InChI=1S/C17H23NO3/c1-3-12(2)14(13-7-5-4-6-8-13)15(19)18-11-17(9-10-17)16(20)21/h4-8,12,14H,3,9-11H2,1-2H3,(H,18,19)(H,20,21). The van der Waals surface area contributed by atoms with Gasteiger partial charge in [-0.05, 0) is 24.3 Å². The Bertz CT molecular complexity index is 508. The molecule has 0 aliphatic heterocycles. The van der Waals surface area contributed by atoms with Crippen LogP contribution in [-0.4, -0.2) is 23.5 Å². The van der Waals surface area contributed by atoms with E-state index in [9.17, 15) is 14.7 Å². The summed E-state index contributed by atoms with van der Waals surface area (Å²) < 4.78 is 0. The monoisotopic (exact) mass is 289 g/mol. The Morgan fingerprint density at radius 2 is 1.90 bits per heavy atom. The predicted octanol–water partition coefficient (Wildman–Crippen LogP) is 2.80. The summed E-state index contributed by atoms with van der Waals surface area (Å²) in [6.07, 6.45) is 2.21. The van der Waals surface area contributed by atoms with Crippen molar-refractivity contribution in [2.45, 2.75) is 39.0 Å². The molecule has 114 valence electrons. The van der Waals surface area contributed by atoms with Crippen LogP contribution >= 0.6 is 0 Å². The van der Waals surface area contributed by atoms with Crippen LogP contribution in [0, 0.1) is 11.3 Å². The number of hydrogen-bond donors (Lipinski definition) is 2. The number of carboxylic acid groups (broad SMARTS) is 1. The van der Waals surface area contributed by atoms with E-state index in [2.05, 4.69) is 19.2 Å². The van der Waals surface area contributed by atoms with E-state index in [0.717, 1.165) is 12.0 Å². The Labute approximate surface area is 125 Å². The molecule has 0 bridgehead atoms. The summed E-state index contributed by atoms with van der Waals surface area (Å²) in [6.45, 7) is 4.36. The molecule has 4 heteroatoms. The SMILES string of the molecule is CCC(C)C(C(=O)NCC1(C(=O)O)CC1)c1ccccc1. The molecule has 0 spiro atoms. The fourth-order valence-corrected chi connectivity index (χ4v) is 2.62. The van der Waals surface area contributed by atoms with Crippen molar-refractivity contribution in [3.05, 3.63) is 35.9 Å². The predicted molar refractivity (Wildman–Crippen MR) is 81.0 cm³/mol. The number of amides is 1. The third kappa shape index (κ3) is 3.43. The van der Waals surface area contributed by atoms with Gasteiger partial charge in [0, 0.05) is 6.54 Å². The first-order valence-corrected chi connectivity index (χ1v) is 7.56. The van der Waals surface area contributed by atoms with Crippen molar-refractivity contribution in [1.82, 2.24) is 5.32 Å². The van der Waals surface area contributed by atoms with Gasteiger partial charge in [0.05, 0.1) is 11.3 Å². The van der Waals surface area contributed by atoms with Gasteiger partial charge in [-0.3, -0.25) is 9.59 Å². The normalized spacial score (nSPS) is 18.6. The first-order chi connectivity index (χ1) is 10.00. The number of carbonyl (C=O) groups is 2. The molecule has 1 aliphatic carbocycles.